The highest BCUT2D eigenvalue weighted by Gasteiger charge is 2.14. The van der Waals surface area contributed by atoms with Crippen LogP contribution >= 0.6 is 0 Å². The Hall–Kier alpha value is -3.61. The monoisotopic (exact) mass is 379 g/mol. The molecule has 0 saturated carbocycles. The zero-order chi connectivity index (χ0) is 19.9. The fraction of sp³-hybridized carbons (Fsp3) is 0.190. The minimum absolute atomic E-state index is 0.318. The summed E-state index contributed by atoms with van der Waals surface area (Å²) in [5.74, 6) is -0.155. The molecule has 3 rings (SSSR count). The topological polar surface area (TPSA) is 89.5 Å². The van der Waals surface area contributed by atoms with E-state index in [1.54, 1.807) is 44.7 Å². The van der Waals surface area contributed by atoms with Crippen molar-refractivity contribution in [1.82, 2.24) is 10.3 Å². The molecule has 0 radical (unpaired) electrons. The first-order valence-corrected chi connectivity index (χ1v) is 8.76. The van der Waals surface area contributed by atoms with Crippen molar-refractivity contribution in [3.63, 3.8) is 0 Å². The van der Waals surface area contributed by atoms with Gasteiger partial charge in [0.1, 0.15) is 0 Å². The van der Waals surface area contributed by atoms with Crippen molar-refractivity contribution < 1.29 is 19.1 Å². The first kappa shape index (κ1) is 19.2. The molecule has 0 aliphatic carbocycles. The molecular weight excluding hydrogens is 358 g/mol. The summed E-state index contributed by atoms with van der Waals surface area (Å²) in [6, 6.07) is 14.5. The second-order valence-electron chi connectivity index (χ2n) is 6.03. The lowest BCUT2D eigenvalue weighted by atomic mass is 10.1. The Bertz CT molecular complexity index is 999. The summed E-state index contributed by atoms with van der Waals surface area (Å²) in [7, 11) is 3.14. The van der Waals surface area contributed by atoms with Gasteiger partial charge in [-0.2, -0.15) is 0 Å². The van der Waals surface area contributed by atoms with Crippen LogP contribution in [-0.2, 0) is 16.0 Å². The van der Waals surface area contributed by atoms with Crippen molar-refractivity contribution in [1.29, 1.82) is 0 Å². The molecule has 1 aromatic heterocycles. The smallest absolute Gasteiger partial charge is 0.313 e. The predicted molar refractivity (Wildman–Crippen MR) is 107 cm³/mol. The van der Waals surface area contributed by atoms with E-state index in [1.807, 2.05) is 24.3 Å². The Kier molecular flexibility index (Phi) is 6.06. The molecule has 28 heavy (non-hydrogen) atoms. The number of pyridine rings is 1. The van der Waals surface area contributed by atoms with Gasteiger partial charge in [-0.1, -0.05) is 12.1 Å². The van der Waals surface area contributed by atoms with E-state index >= 15 is 0 Å². The van der Waals surface area contributed by atoms with Crippen LogP contribution in [0.5, 0.6) is 11.5 Å². The van der Waals surface area contributed by atoms with Crippen LogP contribution in [0.3, 0.4) is 0 Å². The summed E-state index contributed by atoms with van der Waals surface area (Å²) in [4.78, 5) is 28.5. The van der Waals surface area contributed by atoms with Gasteiger partial charge >= 0.3 is 11.8 Å². The maximum Gasteiger partial charge on any atom is 0.313 e. The molecule has 0 atom stereocenters. The lowest BCUT2D eigenvalue weighted by Crippen LogP contribution is -2.36. The lowest BCUT2D eigenvalue weighted by Gasteiger charge is -2.10. The zero-order valence-corrected chi connectivity index (χ0v) is 15.7. The lowest BCUT2D eigenvalue weighted by molar-refractivity contribution is -0.136. The Morgan fingerprint density at radius 1 is 0.964 bits per heavy atom. The first-order chi connectivity index (χ1) is 13.6. The van der Waals surface area contributed by atoms with Crippen molar-refractivity contribution >= 4 is 28.4 Å². The number of methoxy groups -OCH3 is 2. The SMILES string of the molecule is COc1ccc(CCNC(=O)C(=O)Nc2cccc3ncccc23)cc1OC. The van der Waals surface area contributed by atoms with Gasteiger partial charge < -0.3 is 20.1 Å². The van der Waals surface area contributed by atoms with E-state index in [-0.39, 0.29) is 0 Å². The molecule has 2 amide bonds. The van der Waals surface area contributed by atoms with Gasteiger partial charge in [0.15, 0.2) is 11.5 Å². The minimum Gasteiger partial charge on any atom is -0.493 e. The zero-order valence-electron chi connectivity index (χ0n) is 15.7. The second kappa shape index (κ2) is 8.85. The molecule has 144 valence electrons. The fourth-order valence-corrected chi connectivity index (χ4v) is 2.83. The third kappa shape index (κ3) is 4.37. The van der Waals surface area contributed by atoms with E-state index in [4.69, 9.17) is 9.47 Å². The Morgan fingerprint density at radius 3 is 2.57 bits per heavy atom. The van der Waals surface area contributed by atoms with Crippen LogP contribution in [0.25, 0.3) is 10.9 Å². The average molecular weight is 379 g/mol. The third-order valence-corrected chi connectivity index (χ3v) is 4.25. The number of ether oxygens (including phenoxy) is 2. The van der Waals surface area contributed by atoms with E-state index in [1.165, 1.54) is 0 Å². The Morgan fingerprint density at radius 2 is 1.79 bits per heavy atom. The van der Waals surface area contributed by atoms with Crippen LogP contribution in [0.4, 0.5) is 5.69 Å². The number of rotatable bonds is 6. The van der Waals surface area contributed by atoms with Gasteiger partial charge in [-0.3, -0.25) is 14.6 Å². The molecule has 0 bridgehead atoms. The third-order valence-electron chi connectivity index (χ3n) is 4.25. The van der Waals surface area contributed by atoms with Crippen molar-refractivity contribution in [2.45, 2.75) is 6.42 Å². The number of nitrogens with zero attached hydrogens (tertiary/aromatic N) is 1. The van der Waals surface area contributed by atoms with Gasteiger partial charge in [0.25, 0.3) is 0 Å². The van der Waals surface area contributed by atoms with Gasteiger partial charge in [0, 0.05) is 18.1 Å². The van der Waals surface area contributed by atoms with Crippen LogP contribution < -0.4 is 20.1 Å². The number of carbonyl (C=O) groups is 2. The van der Waals surface area contributed by atoms with Gasteiger partial charge in [-0.15, -0.1) is 0 Å². The molecule has 2 aromatic carbocycles. The number of hydrogen-bond acceptors (Lipinski definition) is 5. The predicted octanol–water partition coefficient (Wildman–Crippen LogP) is 2.55. The molecular formula is C21H21N3O4. The van der Waals surface area contributed by atoms with E-state index in [9.17, 15) is 9.59 Å². The van der Waals surface area contributed by atoms with Gasteiger partial charge in [0.2, 0.25) is 0 Å². The van der Waals surface area contributed by atoms with Gasteiger partial charge in [0.05, 0.1) is 25.4 Å². The minimum atomic E-state index is -0.719. The largest absolute Gasteiger partial charge is 0.493 e. The first-order valence-electron chi connectivity index (χ1n) is 8.76. The van der Waals surface area contributed by atoms with Crippen molar-refractivity contribution in [2.75, 3.05) is 26.1 Å². The quantitative estimate of drug-likeness (QED) is 0.643. The maximum atomic E-state index is 12.2. The Balaban J connectivity index is 1.57. The van der Waals surface area contributed by atoms with E-state index in [2.05, 4.69) is 15.6 Å². The van der Waals surface area contributed by atoms with Gasteiger partial charge in [-0.05, 0) is 48.4 Å². The van der Waals surface area contributed by atoms with Crippen LogP contribution in [0, 0.1) is 0 Å². The van der Waals surface area contributed by atoms with Gasteiger partial charge in [-0.25, -0.2) is 0 Å². The number of anilines is 1. The van der Waals surface area contributed by atoms with E-state index < -0.39 is 11.8 Å². The summed E-state index contributed by atoms with van der Waals surface area (Å²) in [6.45, 7) is 0.318. The van der Waals surface area contributed by atoms with Crippen LogP contribution in [0.2, 0.25) is 0 Å². The molecule has 0 spiro atoms. The summed E-state index contributed by atoms with van der Waals surface area (Å²) in [5.41, 5.74) is 2.25. The number of hydrogen-bond donors (Lipinski definition) is 2. The molecule has 7 heteroatoms. The summed E-state index contributed by atoms with van der Waals surface area (Å²) >= 11 is 0. The number of aromatic nitrogens is 1. The van der Waals surface area contributed by atoms with E-state index in [0.29, 0.717) is 30.2 Å². The van der Waals surface area contributed by atoms with Crippen LogP contribution in [-0.4, -0.2) is 37.6 Å². The van der Waals surface area contributed by atoms with Crippen molar-refractivity contribution in [3.8, 4) is 11.5 Å². The molecule has 0 aliphatic heterocycles. The molecule has 0 unspecified atom stereocenters. The molecule has 1 heterocycles. The summed E-state index contributed by atoms with van der Waals surface area (Å²) < 4.78 is 10.5. The van der Waals surface area contributed by atoms with Crippen LogP contribution in [0.1, 0.15) is 5.56 Å². The summed E-state index contributed by atoms with van der Waals surface area (Å²) in [5, 5.41) is 6.04. The van der Waals surface area contributed by atoms with Crippen molar-refractivity contribution in [3.05, 3.63) is 60.3 Å². The maximum absolute atomic E-state index is 12.2. The van der Waals surface area contributed by atoms with Crippen LogP contribution in [0.15, 0.2) is 54.7 Å². The highest BCUT2D eigenvalue weighted by Crippen LogP contribution is 2.27. The molecule has 0 fully saturated rings. The molecule has 7 nitrogen and oxygen atoms in total. The summed E-state index contributed by atoms with van der Waals surface area (Å²) in [6.07, 6.45) is 2.23. The number of fused-ring (bicyclic) bond motifs is 1. The highest BCUT2D eigenvalue weighted by molar-refractivity contribution is 6.40. The molecule has 0 saturated heterocycles. The molecule has 0 aliphatic rings. The normalized spacial score (nSPS) is 10.4. The molecule has 3 aromatic rings. The number of nitrogens with one attached hydrogen (secondary N) is 2. The highest BCUT2D eigenvalue weighted by atomic mass is 16.5. The molecule has 2 N–H and O–H groups in total. The number of carbonyl (C=O) groups excluding carboxylic acids is 2. The Labute approximate surface area is 162 Å². The average Bonchev–Trinajstić information content (AvgIpc) is 2.73. The number of benzene rings is 2. The van der Waals surface area contributed by atoms with Crippen molar-refractivity contribution in [2.24, 2.45) is 0 Å². The fourth-order valence-electron chi connectivity index (χ4n) is 2.83. The second-order valence-corrected chi connectivity index (χ2v) is 6.03. The number of amides is 2. The standard InChI is InChI=1S/C21H21N3O4/c1-27-18-9-8-14(13-19(18)28-2)10-12-23-20(25)21(26)24-17-7-3-6-16-15(17)5-4-11-22-16/h3-9,11,13H,10,12H2,1-2H3,(H,23,25)(H,24,26). The van der Waals surface area contributed by atoms with E-state index in [0.717, 1.165) is 16.5 Å².